The van der Waals surface area contributed by atoms with Crippen molar-refractivity contribution in [1.82, 2.24) is 0 Å². The van der Waals surface area contributed by atoms with Crippen molar-refractivity contribution < 1.29 is 19.1 Å². The van der Waals surface area contributed by atoms with Crippen molar-refractivity contribution in [3.8, 4) is 11.5 Å². The molecule has 7 heteroatoms. The highest BCUT2D eigenvalue weighted by Crippen LogP contribution is 2.37. The summed E-state index contributed by atoms with van der Waals surface area (Å²) in [4.78, 5) is 23.4. The van der Waals surface area contributed by atoms with Crippen LogP contribution in [-0.4, -0.2) is 18.3 Å². The van der Waals surface area contributed by atoms with Gasteiger partial charge in [-0.05, 0) is 42.3 Å². The molecule has 0 aliphatic carbocycles. The van der Waals surface area contributed by atoms with Gasteiger partial charge < -0.3 is 15.2 Å². The summed E-state index contributed by atoms with van der Waals surface area (Å²) in [5, 5.41) is 0.815. The van der Waals surface area contributed by atoms with Crippen LogP contribution in [0.2, 0.25) is 10.0 Å². The SMILES string of the molecule is Cc1cc(OCC(N)=O)cc2c1C(=O)/C(=C/c1ccc(Cl)c(Cl)c1)O2. The minimum Gasteiger partial charge on any atom is -0.484 e. The molecule has 0 saturated carbocycles. The van der Waals surface area contributed by atoms with Crippen molar-refractivity contribution in [2.24, 2.45) is 5.73 Å². The molecule has 0 aromatic heterocycles. The second kappa shape index (κ2) is 6.78. The fraction of sp³-hybridized carbons (Fsp3) is 0.111. The van der Waals surface area contributed by atoms with Gasteiger partial charge in [0.2, 0.25) is 5.78 Å². The molecule has 1 amide bonds. The summed E-state index contributed by atoms with van der Waals surface area (Å²) in [5.74, 6) is 0.119. The van der Waals surface area contributed by atoms with Gasteiger partial charge in [0.15, 0.2) is 12.4 Å². The number of allylic oxidation sites excluding steroid dienone is 1. The van der Waals surface area contributed by atoms with Crippen molar-refractivity contribution in [2.75, 3.05) is 6.61 Å². The number of rotatable bonds is 4. The van der Waals surface area contributed by atoms with E-state index < -0.39 is 5.91 Å². The first-order valence-corrected chi connectivity index (χ1v) is 8.06. The lowest BCUT2D eigenvalue weighted by atomic mass is 10.0. The van der Waals surface area contributed by atoms with E-state index >= 15 is 0 Å². The van der Waals surface area contributed by atoms with Crippen LogP contribution in [0, 0.1) is 6.92 Å². The molecule has 128 valence electrons. The first-order chi connectivity index (χ1) is 11.8. The Morgan fingerprint density at radius 2 is 2.00 bits per heavy atom. The number of amides is 1. The summed E-state index contributed by atoms with van der Waals surface area (Å²) in [6, 6.07) is 8.23. The fourth-order valence-electron chi connectivity index (χ4n) is 2.47. The summed E-state index contributed by atoms with van der Waals surface area (Å²) < 4.78 is 10.9. The monoisotopic (exact) mass is 377 g/mol. The minimum atomic E-state index is -0.588. The molecule has 2 N–H and O–H groups in total. The number of aryl methyl sites for hydroxylation is 1. The average Bonchev–Trinajstić information content (AvgIpc) is 2.85. The summed E-state index contributed by atoms with van der Waals surface area (Å²) in [7, 11) is 0. The van der Waals surface area contributed by atoms with Crippen molar-refractivity contribution >= 4 is 41.0 Å². The highest BCUT2D eigenvalue weighted by atomic mass is 35.5. The molecular weight excluding hydrogens is 365 g/mol. The Bertz CT molecular complexity index is 922. The van der Waals surface area contributed by atoms with E-state index in [1.165, 1.54) is 0 Å². The molecule has 3 rings (SSSR count). The molecule has 0 radical (unpaired) electrons. The van der Waals surface area contributed by atoms with Gasteiger partial charge in [-0.2, -0.15) is 0 Å². The molecule has 0 atom stereocenters. The smallest absolute Gasteiger partial charge is 0.255 e. The standard InChI is InChI=1S/C18H13Cl2NO4/c1-9-4-11(24-8-16(21)22)7-14-17(9)18(23)15(25-14)6-10-2-3-12(19)13(20)5-10/h2-7H,8H2,1H3,(H2,21,22)/b15-6-. The molecular formula is C18H13Cl2NO4. The van der Waals surface area contributed by atoms with Crippen LogP contribution in [0.1, 0.15) is 21.5 Å². The Hall–Kier alpha value is -2.50. The zero-order valence-electron chi connectivity index (χ0n) is 13.1. The lowest BCUT2D eigenvalue weighted by Gasteiger charge is -2.07. The number of hydrogen-bond donors (Lipinski definition) is 1. The number of carbonyl (C=O) groups excluding carboxylic acids is 2. The number of carbonyl (C=O) groups is 2. The van der Waals surface area contributed by atoms with Gasteiger partial charge in [0, 0.05) is 6.07 Å². The van der Waals surface area contributed by atoms with Crippen molar-refractivity contribution in [3.05, 3.63) is 62.8 Å². The van der Waals surface area contributed by atoms with Gasteiger partial charge in [0.25, 0.3) is 5.91 Å². The minimum absolute atomic E-state index is 0.170. The van der Waals surface area contributed by atoms with Crippen LogP contribution in [0.5, 0.6) is 11.5 Å². The third-order valence-electron chi connectivity index (χ3n) is 3.57. The number of fused-ring (bicyclic) bond motifs is 1. The second-order valence-corrected chi connectivity index (χ2v) is 6.30. The van der Waals surface area contributed by atoms with Gasteiger partial charge in [0.1, 0.15) is 11.5 Å². The molecule has 2 aromatic rings. The van der Waals surface area contributed by atoms with E-state index in [-0.39, 0.29) is 18.1 Å². The number of ether oxygens (including phenoxy) is 2. The van der Waals surface area contributed by atoms with E-state index in [9.17, 15) is 9.59 Å². The summed E-state index contributed by atoms with van der Waals surface area (Å²) >= 11 is 11.9. The Morgan fingerprint density at radius 3 is 2.68 bits per heavy atom. The first-order valence-electron chi connectivity index (χ1n) is 7.30. The number of ketones is 1. The predicted molar refractivity (Wildman–Crippen MR) is 95.3 cm³/mol. The van der Waals surface area contributed by atoms with Gasteiger partial charge in [-0.15, -0.1) is 0 Å². The molecule has 0 fully saturated rings. The quantitative estimate of drug-likeness (QED) is 0.822. The van der Waals surface area contributed by atoms with Crippen LogP contribution in [0.4, 0.5) is 0 Å². The molecule has 0 spiro atoms. The zero-order chi connectivity index (χ0) is 18.1. The van der Waals surface area contributed by atoms with Crippen LogP contribution < -0.4 is 15.2 Å². The van der Waals surface area contributed by atoms with Crippen LogP contribution in [0.3, 0.4) is 0 Å². The fourth-order valence-corrected chi connectivity index (χ4v) is 2.78. The third-order valence-corrected chi connectivity index (χ3v) is 4.31. The van der Waals surface area contributed by atoms with E-state index in [1.807, 2.05) is 0 Å². The van der Waals surface area contributed by atoms with Crippen molar-refractivity contribution in [1.29, 1.82) is 0 Å². The molecule has 2 aromatic carbocycles. The molecule has 1 aliphatic rings. The van der Waals surface area contributed by atoms with Gasteiger partial charge in [-0.3, -0.25) is 9.59 Å². The molecule has 0 unspecified atom stereocenters. The number of benzene rings is 2. The molecule has 5 nitrogen and oxygen atoms in total. The van der Waals surface area contributed by atoms with Crippen LogP contribution >= 0.6 is 23.2 Å². The number of halogens is 2. The summed E-state index contributed by atoms with van der Waals surface area (Å²) in [6.07, 6.45) is 1.59. The lowest BCUT2D eigenvalue weighted by molar-refractivity contribution is -0.119. The van der Waals surface area contributed by atoms with Gasteiger partial charge in [-0.25, -0.2) is 0 Å². The van der Waals surface area contributed by atoms with Gasteiger partial charge >= 0.3 is 0 Å². The molecule has 25 heavy (non-hydrogen) atoms. The summed E-state index contributed by atoms with van der Waals surface area (Å²) in [5.41, 5.74) is 6.89. The van der Waals surface area contributed by atoms with E-state index in [0.717, 1.165) is 0 Å². The van der Waals surface area contributed by atoms with Crippen LogP contribution in [0.15, 0.2) is 36.1 Å². The van der Waals surface area contributed by atoms with E-state index in [2.05, 4.69) is 0 Å². The van der Waals surface area contributed by atoms with E-state index in [0.29, 0.717) is 38.2 Å². The predicted octanol–water partition coefficient (Wildman–Crippen LogP) is 3.78. The maximum absolute atomic E-state index is 12.6. The first kappa shape index (κ1) is 17.3. The van der Waals surface area contributed by atoms with E-state index in [4.69, 9.17) is 38.4 Å². The Labute approximate surface area is 153 Å². The zero-order valence-corrected chi connectivity index (χ0v) is 14.6. The molecule has 0 saturated heterocycles. The van der Waals surface area contributed by atoms with Crippen molar-refractivity contribution in [2.45, 2.75) is 6.92 Å². The Kier molecular flexibility index (Phi) is 4.70. The molecule has 1 heterocycles. The highest BCUT2D eigenvalue weighted by molar-refractivity contribution is 6.42. The number of hydrogen-bond acceptors (Lipinski definition) is 4. The highest BCUT2D eigenvalue weighted by Gasteiger charge is 2.30. The topological polar surface area (TPSA) is 78.6 Å². The maximum atomic E-state index is 12.6. The van der Waals surface area contributed by atoms with Gasteiger partial charge in [-0.1, -0.05) is 29.3 Å². The summed E-state index contributed by atoms with van der Waals surface area (Å²) in [6.45, 7) is 1.51. The van der Waals surface area contributed by atoms with Crippen molar-refractivity contribution in [3.63, 3.8) is 0 Å². The molecule has 1 aliphatic heterocycles. The Balaban J connectivity index is 1.92. The van der Waals surface area contributed by atoms with Crippen LogP contribution in [-0.2, 0) is 4.79 Å². The maximum Gasteiger partial charge on any atom is 0.255 e. The molecule has 0 bridgehead atoms. The largest absolute Gasteiger partial charge is 0.484 e. The lowest BCUT2D eigenvalue weighted by Crippen LogP contribution is -2.20. The number of nitrogens with two attached hydrogens (primary N) is 1. The third kappa shape index (κ3) is 3.62. The average molecular weight is 378 g/mol. The second-order valence-electron chi connectivity index (χ2n) is 5.48. The number of Topliss-reactive ketones (excluding diaryl/α,β-unsaturated/α-hetero) is 1. The van der Waals surface area contributed by atoms with Crippen LogP contribution in [0.25, 0.3) is 6.08 Å². The van der Waals surface area contributed by atoms with Gasteiger partial charge in [0.05, 0.1) is 15.6 Å². The normalized spacial score (nSPS) is 14.4. The van der Waals surface area contributed by atoms with E-state index in [1.54, 1.807) is 43.3 Å². The number of primary amides is 1. The Morgan fingerprint density at radius 1 is 1.24 bits per heavy atom.